The molecule has 1 aliphatic rings. The summed E-state index contributed by atoms with van der Waals surface area (Å²) in [5.74, 6) is 6.92. The number of nitrogens with one attached hydrogen (secondary N) is 1. The predicted octanol–water partition coefficient (Wildman–Crippen LogP) is 1.51. The maximum absolute atomic E-state index is 5.48. The van der Waals surface area contributed by atoms with Gasteiger partial charge in [-0.25, -0.2) is 10.8 Å². The van der Waals surface area contributed by atoms with Crippen molar-refractivity contribution >= 4 is 33.3 Å². The second kappa shape index (κ2) is 5.51. The van der Waals surface area contributed by atoms with Crippen molar-refractivity contribution in [1.82, 2.24) is 14.9 Å². The van der Waals surface area contributed by atoms with E-state index in [0.29, 0.717) is 12.0 Å². The molecular formula is C13H20N6S. The number of aromatic nitrogens is 2. The maximum atomic E-state index is 5.48. The van der Waals surface area contributed by atoms with E-state index in [4.69, 9.17) is 5.84 Å². The monoisotopic (exact) mass is 292 g/mol. The molecule has 2 aromatic rings. The molecule has 3 N–H and O–H groups in total. The first-order valence-electron chi connectivity index (χ1n) is 6.82. The predicted molar refractivity (Wildman–Crippen MR) is 84.1 cm³/mol. The highest BCUT2D eigenvalue weighted by molar-refractivity contribution is 7.16. The molecule has 108 valence electrons. The number of rotatable bonds is 3. The van der Waals surface area contributed by atoms with Gasteiger partial charge in [-0.05, 0) is 37.9 Å². The van der Waals surface area contributed by atoms with Gasteiger partial charge >= 0.3 is 0 Å². The molecule has 2 aromatic heterocycles. The van der Waals surface area contributed by atoms with Gasteiger partial charge in [0.1, 0.15) is 10.6 Å². The minimum atomic E-state index is 0.478. The fourth-order valence-electron chi connectivity index (χ4n) is 2.80. The average Bonchev–Trinajstić information content (AvgIpc) is 2.93. The third-order valence-corrected chi connectivity index (χ3v) is 4.72. The summed E-state index contributed by atoms with van der Waals surface area (Å²) in [6, 6.07) is 2.57. The average molecular weight is 292 g/mol. The topological polar surface area (TPSA) is 70.3 Å². The molecule has 1 saturated heterocycles. The van der Waals surface area contributed by atoms with E-state index in [-0.39, 0.29) is 0 Å². The van der Waals surface area contributed by atoms with Crippen molar-refractivity contribution in [3.8, 4) is 0 Å². The quantitative estimate of drug-likeness (QED) is 0.660. The normalized spacial score (nSPS) is 20.2. The van der Waals surface area contributed by atoms with Crippen LogP contribution in [0.25, 0.3) is 10.2 Å². The first-order chi connectivity index (χ1) is 9.69. The second-order valence-electron chi connectivity index (χ2n) is 5.32. The van der Waals surface area contributed by atoms with E-state index in [1.165, 1.54) is 19.4 Å². The number of likely N-dealkylation sites (tertiary alicyclic amines) is 1. The number of hydrazine groups is 1. The molecule has 0 aliphatic carbocycles. The van der Waals surface area contributed by atoms with Gasteiger partial charge in [0.05, 0.1) is 5.39 Å². The highest BCUT2D eigenvalue weighted by atomic mass is 32.1. The number of likely N-dealkylation sites (N-methyl/N-ethyl adjacent to an activating group) is 2. The van der Waals surface area contributed by atoms with Crippen molar-refractivity contribution in [3.63, 3.8) is 0 Å². The lowest BCUT2D eigenvalue weighted by molar-refractivity contribution is 0.247. The molecule has 0 radical (unpaired) electrons. The van der Waals surface area contributed by atoms with Gasteiger partial charge < -0.3 is 9.80 Å². The Bertz CT molecular complexity index is 598. The SMILES string of the molecule is CN1CCCC(N(C)c2nc(NN)nc3sccc23)C1. The molecule has 7 heteroatoms. The van der Waals surface area contributed by atoms with Gasteiger partial charge in [-0.2, -0.15) is 4.98 Å². The summed E-state index contributed by atoms with van der Waals surface area (Å²) in [6.45, 7) is 2.25. The summed E-state index contributed by atoms with van der Waals surface area (Å²) in [5, 5.41) is 3.15. The van der Waals surface area contributed by atoms with Gasteiger partial charge in [-0.15, -0.1) is 11.3 Å². The van der Waals surface area contributed by atoms with E-state index in [0.717, 1.165) is 22.6 Å². The fourth-order valence-corrected chi connectivity index (χ4v) is 3.56. The largest absolute Gasteiger partial charge is 0.355 e. The standard InChI is InChI=1S/C13H20N6S/c1-18-6-3-4-9(8-18)19(2)11-10-5-7-20-12(10)16-13(15-11)17-14/h5,7,9H,3-4,6,8,14H2,1-2H3,(H,15,16,17). The molecule has 3 rings (SSSR count). The van der Waals surface area contributed by atoms with Crippen LogP contribution in [0.1, 0.15) is 12.8 Å². The zero-order valence-electron chi connectivity index (χ0n) is 11.8. The van der Waals surface area contributed by atoms with Crippen LogP contribution in [0, 0.1) is 0 Å². The van der Waals surface area contributed by atoms with Gasteiger partial charge in [0.2, 0.25) is 5.95 Å². The Morgan fingerprint density at radius 2 is 2.35 bits per heavy atom. The third kappa shape index (κ3) is 2.44. The minimum absolute atomic E-state index is 0.478. The Morgan fingerprint density at radius 1 is 1.50 bits per heavy atom. The Labute approximate surface area is 122 Å². The lowest BCUT2D eigenvalue weighted by Crippen LogP contribution is -2.45. The summed E-state index contributed by atoms with van der Waals surface area (Å²) in [7, 11) is 4.29. The zero-order valence-corrected chi connectivity index (χ0v) is 12.7. The minimum Gasteiger partial charge on any atom is -0.355 e. The summed E-state index contributed by atoms with van der Waals surface area (Å²) in [5.41, 5.74) is 2.56. The van der Waals surface area contributed by atoms with E-state index >= 15 is 0 Å². The van der Waals surface area contributed by atoms with Crippen molar-refractivity contribution in [3.05, 3.63) is 11.4 Å². The van der Waals surface area contributed by atoms with Gasteiger partial charge in [0.15, 0.2) is 0 Å². The number of nitrogens with zero attached hydrogens (tertiary/aromatic N) is 4. The van der Waals surface area contributed by atoms with Crippen molar-refractivity contribution < 1.29 is 0 Å². The molecule has 0 aromatic carbocycles. The molecule has 1 fully saturated rings. The van der Waals surface area contributed by atoms with Gasteiger partial charge in [0.25, 0.3) is 0 Å². The van der Waals surface area contributed by atoms with Crippen LogP contribution in [0.5, 0.6) is 0 Å². The third-order valence-electron chi connectivity index (χ3n) is 3.92. The van der Waals surface area contributed by atoms with Crippen LogP contribution >= 0.6 is 11.3 Å². The van der Waals surface area contributed by atoms with Crippen LogP contribution in [0.3, 0.4) is 0 Å². The van der Waals surface area contributed by atoms with Crippen LogP contribution in [-0.2, 0) is 0 Å². The van der Waals surface area contributed by atoms with Crippen molar-refractivity contribution in [2.45, 2.75) is 18.9 Å². The number of nitrogen functional groups attached to an aromatic ring is 1. The summed E-state index contributed by atoms with van der Waals surface area (Å²) in [4.78, 5) is 14.6. The van der Waals surface area contributed by atoms with Crippen molar-refractivity contribution in [2.24, 2.45) is 5.84 Å². The molecule has 1 unspecified atom stereocenters. The molecule has 0 saturated carbocycles. The Balaban J connectivity index is 1.97. The van der Waals surface area contributed by atoms with Gasteiger partial charge in [-0.1, -0.05) is 0 Å². The Hall–Kier alpha value is -1.44. The van der Waals surface area contributed by atoms with E-state index < -0.39 is 0 Å². The molecule has 20 heavy (non-hydrogen) atoms. The number of fused-ring (bicyclic) bond motifs is 1. The van der Waals surface area contributed by atoms with Crippen LogP contribution in [0.2, 0.25) is 0 Å². The van der Waals surface area contributed by atoms with Crippen LogP contribution in [0.4, 0.5) is 11.8 Å². The first-order valence-corrected chi connectivity index (χ1v) is 7.70. The number of anilines is 2. The molecular weight excluding hydrogens is 272 g/mol. The lowest BCUT2D eigenvalue weighted by atomic mass is 10.0. The number of piperidine rings is 1. The molecule has 0 bridgehead atoms. The summed E-state index contributed by atoms with van der Waals surface area (Å²) < 4.78 is 0. The zero-order chi connectivity index (χ0) is 14.1. The maximum Gasteiger partial charge on any atom is 0.240 e. The summed E-state index contributed by atoms with van der Waals surface area (Å²) in [6.07, 6.45) is 2.42. The highest BCUT2D eigenvalue weighted by Crippen LogP contribution is 2.30. The lowest BCUT2D eigenvalue weighted by Gasteiger charge is -2.36. The van der Waals surface area contributed by atoms with Crippen LogP contribution < -0.4 is 16.2 Å². The van der Waals surface area contributed by atoms with Crippen molar-refractivity contribution in [1.29, 1.82) is 0 Å². The molecule has 0 spiro atoms. The second-order valence-corrected chi connectivity index (χ2v) is 6.22. The fraction of sp³-hybridized carbons (Fsp3) is 0.538. The highest BCUT2D eigenvalue weighted by Gasteiger charge is 2.24. The first kappa shape index (κ1) is 13.5. The molecule has 0 amide bonds. The Morgan fingerprint density at radius 3 is 3.10 bits per heavy atom. The smallest absolute Gasteiger partial charge is 0.240 e. The van der Waals surface area contributed by atoms with Gasteiger partial charge in [-0.3, -0.25) is 5.43 Å². The number of thiophene rings is 1. The number of nitrogens with two attached hydrogens (primary N) is 1. The van der Waals surface area contributed by atoms with E-state index in [2.05, 4.69) is 45.4 Å². The van der Waals surface area contributed by atoms with E-state index in [1.54, 1.807) is 11.3 Å². The van der Waals surface area contributed by atoms with E-state index in [1.807, 2.05) is 5.38 Å². The van der Waals surface area contributed by atoms with Crippen LogP contribution in [-0.4, -0.2) is 48.1 Å². The van der Waals surface area contributed by atoms with E-state index in [9.17, 15) is 0 Å². The Kier molecular flexibility index (Phi) is 3.73. The molecule has 1 aliphatic heterocycles. The summed E-state index contributed by atoms with van der Waals surface area (Å²) >= 11 is 1.61. The molecule has 1 atom stereocenters. The number of hydrogen-bond donors (Lipinski definition) is 2. The molecule has 6 nitrogen and oxygen atoms in total. The molecule has 3 heterocycles. The van der Waals surface area contributed by atoms with Crippen LogP contribution in [0.15, 0.2) is 11.4 Å². The van der Waals surface area contributed by atoms with Crippen molar-refractivity contribution in [2.75, 3.05) is 37.5 Å². The number of hydrogen-bond acceptors (Lipinski definition) is 7. The van der Waals surface area contributed by atoms with Gasteiger partial charge in [0, 0.05) is 19.6 Å².